The maximum Gasteiger partial charge on any atom is 0.221 e. The van der Waals surface area contributed by atoms with Gasteiger partial charge in [0.25, 0.3) is 0 Å². The lowest BCUT2D eigenvalue weighted by Gasteiger charge is -2.05. The Morgan fingerprint density at radius 1 is 0.842 bits per heavy atom. The van der Waals surface area contributed by atoms with Crippen LogP contribution in [0.15, 0.2) is 55.0 Å². The molecule has 0 unspecified atom stereocenters. The smallest absolute Gasteiger partial charge is 0.221 e. The minimum absolute atomic E-state index is 0.224. The zero-order chi connectivity index (χ0) is 13.1. The lowest BCUT2D eigenvalue weighted by molar-refractivity contribution is 1.17. The molecule has 3 aromatic rings. The summed E-state index contributed by atoms with van der Waals surface area (Å²) in [6.45, 7) is 0. The lowest BCUT2D eigenvalue weighted by Crippen LogP contribution is -1.99. The summed E-state index contributed by atoms with van der Waals surface area (Å²) in [5.74, 6) is 0.224. The van der Waals surface area contributed by atoms with Gasteiger partial charge in [-0.1, -0.05) is 6.07 Å². The fourth-order valence-corrected chi connectivity index (χ4v) is 1.77. The van der Waals surface area contributed by atoms with E-state index in [1.54, 1.807) is 18.6 Å². The summed E-state index contributed by atoms with van der Waals surface area (Å²) in [6, 6.07) is 11.3. The highest BCUT2D eigenvalue weighted by Gasteiger charge is 2.07. The fraction of sp³-hybridized carbons (Fsp3) is 0. The van der Waals surface area contributed by atoms with E-state index in [0.29, 0.717) is 5.69 Å². The molecule has 0 saturated carbocycles. The average molecular weight is 249 g/mol. The summed E-state index contributed by atoms with van der Waals surface area (Å²) in [7, 11) is 0. The van der Waals surface area contributed by atoms with Crippen molar-refractivity contribution in [3.63, 3.8) is 0 Å². The standard InChI is InChI=1S/C14H11N5/c15-14-18-12(10-4-3-6-16-9-10)8-13(19-14)11-5-1-2-7-17-11/h1-9H,(H2,15,18,19). The van der Waals surface area contributed by atoms with Gasteiger partial charge >= 0.3 is 0 Å². The number of hydrogen-bond donors (Lipinski definition) is 1. The Morgan fingerprint density at radius 3 is 2.47 bits per heavy atom. The first-order valence-corrected chi connectivity index (χ1v) is 5.79. The summed E-state index contributed by atoms with van der Waals surface area (Å²) in [4.78, 5) is 16.8. The first-order chi connectivity index (χ1) is 9.33. The summed E-state index contributed by atoms with van der Waals surface area (Å²) in [5.41, 5.74) is 8.86. The van der Waals surface area contributed by atoms with Crippen molar-refractivity contribution in [1.82, 2.24) is 19.9 Å². The molecule has 0 fully saturated rings. The fourth-order valence-electron chi connectivity index (χ4n) is 1.77. The van der Waals surface area contributed by atoms with Crippen LogP contribution < -0.4 is 5.73 Å². The normalized spacial score (nSPS) is 10.3. The van der Waals surface area contributed by atoms with Crippen molar-refractivity contribution in [2.24, 2.45) is 0 Å². The lowest BCUT2D eigenvalue weighted by atomic mass is 10.1. The second kappa shape index (κ2) is 4.81. The zero-order valence-electron chi connectivity index (χ0n) is 10.1. The molecule has 0 aromatic carbocycles. The molecule has 5 nitrogen and oxygen atoms in total. The van der Waals surface area contributed by atoms with Gasteiger partial charge in [0, 0.05) is 24.2 Å². The van der Waals surface area contributed by atoms with Gasteiger partial charge in [-0.05, 0) is 30.3 Å². The number of hydrogen-bond acceptors (Lipinski definition) is 5. The van der Waals surface area contributed by atoms with E-state index in [2.05, 4.69) is 19.9 Å². The minimum Gasteiger partial charge on any atom is -0.368 e. The van der Waals surface area contributed by atoms with Crippen LogP contribution in [0.5, 0.6) is 0 Å². The van der Waals surface area contributed by atoms with E-state index < -0.39 is 0 Å². The Kier molecular flexibility index (Phi) is 2.86. The first-order valence-electron chi connectivity index (χ1n) is 5.79. The summed E-state index contributed by atoms with van der Waals surface area (Å²) < 4.78 is 0. The quantitative estimate of drug-likeness (QED) is 0.753. The second-order valence-electron chi connectivity index (χ2n) is 3.95. The van der Waals surface area contributed by atoms with Gasteiger partial charge in [0.05, 0.1) is 17.1 Å². The number of aromatic nitrogens is 4. The van der Waals surface area contributed by atoms with E-state index in [-0.39, 0.29) is 5.95 Å². The van der Waals surface area contributed by atoms with Crippen molar-refractivity contribution < 1.29 is 0 Å². The molecular formula is C14H11N5. The molecule has 0 amide bonds. The van der Waals surface area contributed by atoms with E-state index in [9.17, 15) is 0 Å². The molecule has 3 aromatic heterocycles. The second-order valence-corrected chi connectivity index (χ2v) is 3.95. The van der Waals surface area contributed by atoms with Gasteiger partial charge in [0.2, 0.25) is 5.95 Å². The average Bonchev–Trinajstić information content (AvgIpc) is 2.48. The van der Waals surface area contributed by atoms with Crippen LogP contribution in [-0.4, -0.2) is 19.9 Å². The molecule has 0 radical (unpaired) electrons. The topological polar surface area (TPSA) is 77.6 Å². The summed E-state index contributed by atoms with van der Waals surface area (Å²) >= 11 is 0. The monoisotopic (exact) mass is 249 g/mol. The van der Waals surface area contributed by atoms with E-state index in [4.69, 9.17) is 5.73 Å². The van der Waals surface area contributed by atoms with Crippen molar-refractivity contribution in [3.8, 4) is 22.6 Å². The SMILES string of the molecule is Nc1nc(-c2cccnc2)cc(-c2ccccn2)n1. The Hall–Kier alpha value is -2.82. The first kappa shape index (κ1) is 11.3. The van der Waals surface area contributed by atoms with Crippen molar-refractivity contribution in [3.05, 3.63) is 55.0 Å². The predicted molar refractivity (Wildman–Crippen MR) is 72.9 cm³/mol. The van der Waals surface area contributed by atoms with Crippen LogP contribution in [0, 0.1) is 0 Å². The summed E-state index contributed by atoms with van der Waals surface area (Å²) in [6.07, 6.45) is 5.18. The minimum atomic E-state index is 0.224. The van der Waals surface area contributed by atoms with E-state index >= 15 is 0 Å². The number of nitrogens with zero attached hydrogens (tertiary/aromatic N) is 4. The van der Waals surface area contributed by atoms with Gasteiger partial charge < -0.3 is 5.73 Å². The van der Waals surface area contributed by atoms with Gasteiger partial charge in [-0.25, -0.2) is 9.97 Å². The highest BCUT2D eigenvalue weighted by molar-refractivity contribution is 5.66. The van der Waals surface area contributed by atoms with Crippen LogP contribution in [0.3, 0.4) is 0 Å². The number of pyridine rings is 2. The third-order valence-electron chi connectivity index (χ3n) is 2.63. The molecule has 0 saturated heterocycles. The van der Waals surface area contributed by atoms with Crippen LogP contribution in [0.2, 0.25) is 0 Å². The third kappa shape index (κ3) is 2.40. The zero-order valence-corrected chi connectivity index (χ0v) is 10.1. The maximum atomic E-state index is 5.76. The van der Waals surface area contributed by atoms with E-state index in [0.717, 1.165) is 17.0 Å². The number of nitrogens with two attached hydrogens (primary N) is 1. The number of anilines is 1. The van der Waals surface area contributed by atoms with Gasteiger partial charge in [-0.3, -0.25) is 9.97 Å². The van der Waals surface area contributed by atoms with Crippen LogP contribution in [-0.2, 0) is 0 Å². The molecular weight excluding hydrogens is 238 g/mol. The molecule has 3 heterocycles. The maximum absolute atomic E-state index is 5.76. The van der Waals surface area contributed by atoms with Crippen LogP contribution in [0.4, 0.5) is 5.95 Å². The molecule has 19 heavy (non-hydrogen) atoms. The molecule has 3 rings (SSSR count). The van der Waals surface area contributed by atoms with Crippen LogP contribution in [0.25, 0.3) is 22.6 Å². The molecule has 0 aliphatic carbocycles. The van der Waals surface area contributed by atoms with Gasteiger partial charge in [-0.15, -0.1) is 0 Å². The van der Waals surface area contributed by atoms with Gasteiger partial charge in [0.15, 0.2) is 0 Å². The Labute approximate surface area is 110 Å². The van der Waals surface area contributed by atoms with Gasteiger partial charge in [0.1, 0.15) is 0 Å². The molecule has 2 N–H and O–H groups in total. The number of nitrogen functional groups attached to an aromatic ring is 1. The molecule has 0 atom stereocenters. The Balaban J connectivity index is 2.12. The molecule has 5 heteroatoms. The van der Waals surface area contributed by atoms with Crippen LogP contribution in [0.1, 0.15) is 0 Å². The summed E-state index contributed by atoms with van der Waals surface area (Å²) in [5, 5.41) is 0. The van der Waals surface area contributed by atoms with Crippen molar-refractivity contribution >= 4 is 5.95 Å². The van der Waals surface area contributed by atoms with E-state index in [1.165, 1.54) is 0 Å². The van der Waals surface area contributed by atoms with Crippen molar-refractivity contribution in [2.75, 3.05) is 5.73 Å². The molecule has 0 spiro atoms. The largest absolute Gasteiger partial charge is 0.368 e. The third-order valence-corrected chi connectivity index (χ3v) is 2.63. The Morgan fingerprint density at radius 2 is 1.74 bits per heavy atom. The molecule has 0 bridgehead atoms. The molecule has 0 aliphatic heterocycles. The van der Waals surface area contributed by atoms with Gasteiger partial charge in [-0.2, -0.15) is 0 Å². The van der Waals surface area contributed by atoms with E-state index in [1.807, 2.05) is 36.4 Å². The molecule has 0 aliphatic rings. The Bertz CT molecular complexity index is 625. The highest BCUT2D eigenvalue weighted by Crippen LogP contribution is 2.22. The van der Waals surface area contributed by atoms with Crippen molar-refractivity contribution in [2.45, 2.75) is 0 Å². The predicted octanol–water partition coefficient (Wildman–Crippen LogP) is 2.18. The highest BCUT2D eigenvalue weighted by atomic mass is 15.0. The number of rotatable bonds is 2. The van der Waals surface area contributed by atoms with Crippen molar-refractivity contribution in [1.29, 1.82) is 0 Å². The van der Waals surface area contributed by atoms with Crippen LogP contribution >= 0.6 is 0 Å². The molecule has 92 valence electrons.